The Labute approximate surface area is 106 Å². The third-order valence-electron chi connectivity index (χ3n) is 1.70. The summed E-state index contributed by atoms with van der Waals surface area (Å²) in [5.41, 5.74) is 0.787. The lowest BCUT2D eigenvalue weighted by Crippen LogP contribution is -2.29. The van der Waals surface area contributed by atoms with Gasteiger partial charge in [-0.25, -0.2) is 4.79 Å². The van der Waals surface area contributed by atoms with Crippen LogP contribution in [0.5, 0.6) is 0 Å². The van der Waals surface area contributed by atoms with Crippen LogP contribution in [0.1, 0.15) is 6.42 Å². The van der Waals surface area contributed by atoms with Crippen molar-refractivity contribution in [3.8, 4) is 0 Å². The lowest BCUT2D eigenvalue weighted by atomic mass is 10.3. The Morgan fingerprint density at radius 1 is 1.27 bits per heavy atom. The van der Waals surface area contributed by atoms with E-state index in [1.165, 1.54) is 0 Å². The Hall–Kier alpha value is -0.550. The second-order valence-corrected chi connectivity index (χ2v) is 4.64. The van der Waals surface area contributed by atoms with Crippen LogP contribution in [0, 0.1) is 0 Å². The number of urea groups is 1. The molecule has 1 aromatic rings. The van der Waals surface area contributed by atoms with Crippen molar-refractivity contribution in [2.24, 2.45) is 0 Å². The minimum absolute atomic E-state index is 0.168. The van der Waals surface area contributed by atoms with Gasteiger partial charge in [-0.1, -0.05) is 31.9 Å². The lowest BCUT2D eigenvalue weighted by Gasteiger charge is -2.06. The zero-order valence-corrected chi connectivity index (χ0v) is 11.3. The van der Waals surface area contributed by atoms with E-state index in [4.69, 9.17) is 0 Å². The van der Waals surface area contributed by atoms with E-state index < -0.39 is 0 Å². The number of alkyl halides is 1. The van der Waals surface area contributed by atoms with Crippen LogP contribution in [0.25, 0.3) is 0 Å². The Bertz CT molecular complexity index is 314. The Morgan fingerprint density at radius 2 is 1.93 bits per heavy atom. The van der Waals surface area contributed by atoms with Gasteiger partial charge in [0, 0.05) is 22.0 Å². The van der Waals surface area contributed by atoms with Crippen molar-refractivity contribution in [2.45, 2.75) is 6.42 Å². The highest BCUT2D eigenvalue weighted by molar-refractivity contribution is 9.10. The summed E-state index contributed by atoms with van der Waals surface area (Å²) in [7, 11) is 0. The molecular formula is C10H12Br2N2O. The number of hydrogen-bond donors (Lipinski definition) is 2. The molecule has 1 aromatic carbocycles. The van der Waals surface area contributed by atoms with Crippen LogP contribution in [0.15, 0.2) is 28.7 Å². The van der Waals surface area contributed by atoms with Gasteiger partial charge >= 0.3 is 6.03 Å². The minimum Gasteiger partial charge on any atom is -0.338 e. The first kappa shape index (κ1) is 12.5. The van der Waals surface area contributed by atoms with Crippen LogP contribution in [0.3, 0.4) is 0 Å². The Kier molecular flexibility index (Phi) is 5.71. The zero-order valence-electron chi connectivity index (χ0n) is 8.09. The summed E-state index contributed by atoms with van der Waals surface area (Å²) in [6.07, 6.45) is 0.924. The number of rotatable bonds is 4. The smallest absolute Gasteiger partial charge is 0.319 e. The molecule has 5 heteroatoms. The summed E-state index contributed by atoms with van der Waals surface area (Å²) in [6.45, 7) is 0.674. The van der Waals surface area contributed by atoms with E-state index in [1.54, 1.807) is 0 Å². The van der Waals surface area contributed by atoms with Crippen molar-refractivity contribution in [3.63, 3.8) is 0 Å². The first-order valence-electron chi connectivity index (χ1n) is 4.59. The average molecular weight is 336 g/mol. The van der Waals surface area contributed by atoms with Gasteiger partial charge in [-0.3, -0.25) is 0 Å². The van der Waals surface area contributed by atoms with E-state index in [2.05, 4.69) is 42.5 Å². The molecule has 0 saturated heterocycles. The number of benzene rings is 1. The molecule has 0 radical (unpaired) electrons. The third-order valence-corrected chi connectivity index (χ3v) is 2.79. The molecule has 0 heterocycles. The van der Waals surface area contributed by atoms with Gasteiger partial charge in [-0.15, -0.1) is 0 Å². The standard InChI is InChI=1S/C10H12Br2N2O/c11-6-1-7-13-10(15)14-9-4-2-8(12)3-5-9/h2-5H,1,6-7H2,(H2,13,14,15). The van der Waals surface area contributed by atoms with E-state index in [1.807, 2.05) is 24.3 Å². The molecule has 0 aliphatic rings. The van der Waals surface area contributed by atoms with Crippen LogP contribution < -0.4 is 10.6 Å². The molecule has 0 spiro atoms. The monoisotopic (exact) mass is 334 g/mol. The summed E-state index contributed by atoms with van der Waals surface area (Å²) in [5, 5.41) is 6.39. The molecule has 15 heavy (non-hydrogen) atoms. The van der Waals surface area contributed by atoms with Gasteiger partial charge in [-0.2, -0.15) is 0 Å². The summed E-state index contributed by atoms with van der Waals surface area (Å²) in [4.78, 5) is 11.3. The minimum atomic E-state index is -0.168. The van der Waals surface area contributed by atoms with E-state index >= 15 is 0 Å². The molecule has 1 rings (SSSR count). The zero-order chi connectivity index (χ0) is 11.1. The molecule has 0 aliphatic carbocycles. The topological polar surface area (TPSA) is 41.1 Å². The second-order valence-electron chi connectivity index (χ2n) is 2.93. The Morgan fingerprint density at radius 3 is 2.53 bits per heavy atom. The summed E-state index contributed by atoms with van der Waals surface area (Å²) < 4.78 is 0.993. The van der Waals surface area contributed by atoms with Crippen LogP contribution in [-0.2, 0) is 0 Å². The molecule has 0 unspecified atom stereocenters. The first-order chi connectivity index (χ1) is 7.22. The van der Waals surface area contributed by atoms with Crippen LogP contribution in [0.4, 0.5) is 10.5 Å². The van der Waals surface area contributed by atoms with Gasteiger partial charge in [0.1, 0.15) is 0 Å². The van der Waals surface area contributed by atoms with Gasteiger partial charge in [0.15, 0.2) is 0 Å². The number of carbonyl (C=O) groups is 1. The van der Waals surface area contributed by atoms with Crippen molar-refractivity contribution in [3.05, 3.63) is 28.7 Å². The number of carbonyl (C=O) groups excluding carboxylic acids is 1. The predicted octanol–water partition coefficient (Wildman–Crippen LogP) is 3.36. The van der Waals surface area contributed by atoms with Crippen LogP contribution >= 0.6 is 31.9 Å². The highest BCUT2D eigenvalue weighted by Gasteiger charge is 1.99. The summed E-state index contributed by atoms with van der Waals surface area (Å²) in [5.74, 6) is 0. The molecule has 0 aliphatic heterocycles. The molecule has 0 atom stereocenters. The maximum atomic E-state index is 11.3. The van der Waals surface area contributed by atoms with Gasteiger partial charge in [0.2, 0.25) is 0 Å². The maximum absolute atomic E-state index is 11.3. The fourth-order valence-electron chi connectivity index (χ4n) is 0.977. The quantitative estimate of drug-likeness (QED) is 0.643. The molecule has 0 bridgehead atoms. The normalized spacial score (nSPS) is 9.73. The van der Waals surface area contributed by atoms with E-state index in [0.717, 1.165) is 21.9 Å². The van der Waals surface area contributed by atoms with Crippen LogP contribution in [-0.4, -0.2) is 17.9 Å². The fraction of sp³-hybridized carbons (Fsp3) is 0.300. The number of hydrogen-bond acceptors (Lipinski definition) is 1. The number of halogens is 2. The molecule has 0 aromatic heterocycles. The van der Waals surface area contributed by atoms with Gasteiger partial charge in [-0.05, 0) is 30.7 Å². The first-order valence-corrected chi connectivity index (χ1v) is 6.50. The van der Waals surface area contributed by atoms with Crippen molar-refractivity contribution in [1.29, 1.82) is 0 Å². The third kappa shape index (κ3) is 5.18. The SMILES string of the molecule is O=C(NCCCBr)Nc1ccc(Br)cc1. The summed E-state index contributed by atoms with van der Waals surface area (Å²) >= 11 is 6.63. The van der Waals surface area contributed by atoms with Crippen LogP contribution in [0.2, 0.25) is 0 Å². The molecule has 2 N–H and O–H groups in total. The average Bonchev–Trinajstić information content (AvgIpc) is 2.22. The van der Waals surface area contributed by atoms with Gasteiger partial charge in [0.25, 0.3) is 0 Å². The fourth-order valence-corrected chi connectivity index (χ4v) is 1.52. The van der Waals surface area contributed by atoms with E-state index in [9.17, 15) is 4.79 Å². The van der Waals surface area contributed by atoms with Crippen molar-refractivity contribution in [2.75, 3.05) is 17.2 Å². The van der Waals surface area contributed by atoms with Gasteiger partial charge < -0.3 is 10.6 Å². The molecule has 2 amide bonds. The Balaban J connectivity index is 2.34. The maximum Gasteiger partial charge on any atom is 0.319 e. The summed E-state index contributed by atoms with van der Waals surface area (Å²) in [6, 6.07) is 7.28. The highest BCUT2D eigenvalue weighted by atomic mass is 79.9. The molecule has 0 fully saturated rings. The number of anilines is 1. The predicted molar refractivity (Wildman–Crippen MR) is 69.6 cm³/mol. The highest BCUT2D eigenvalue weighted by Crippen LogP contribution is 2.13. The molecular weight excluding hydrogens is 324 g/mol. The van der Waals surface area contributed by atoms with E-state index in [-0.39, 0.29) is 6.03 Å². The van der Waals surface area contributed by atoms with Crippen molar-refractivity contribution >= 4 is 43.6 Å². The van der Waals surface area contributed by atoms with Crippen molar-refractivity contribution < 1.29 is 4.79 Å². The van der Waals surface area contributed by atoms with Gasteiger partial charge in [0.05, 0.1) is 0 Å². The molecule has 3 nitrogen and oxygen atoms in total. The molecule has 0 saturated carbocycles. The number of nitrogens with one attached hydrogen (secondary N) is 2. The van der Waals surface area contributed by atoms with Crippen molar-refractivity contribution in [1.82, 2.24) is 5.32 Å². The van der Waals surface area contributed by atoms with E-state index in [0.29, 0.717) is 6.54 Å². The second kappa shape index (κ2) is 6.85. The lowest BCUT2D eigenvalue weighted by molar-refractivity contribution is 0.252. The molecule has 82 valence electrons. The number of amides is 2. The largest absolute Gasteiger partial charge is 0.338 e.